The molecule has 1 aromatic heterocycles. The van der Waals surface area contributed by atoms with Crippen LogP contribution < -0.4 is 0 Å². The van der Waals surface area contributed by atoms with Gasteiger partial charge in [-0.15, -0.1) is 20.4 Å². The molecule has 1 aromatic rings. The van der Waals surface area contributed by atoms with Crippen molar-refractivity contribution in [3.63, 3.8) is 0 Å². The van der Waals surface area contributed by atoms with Gasteiger partial charge in [-0.2, -0.15) is 0 Å². The lowest BCUT2D eigenvalue weighted by atomic mass is 9.92. The zero-order valence-corrected chi connectivity index (χ0v) is 8.00. The Kier molecular flexibility index (Phi) is 2.35. The molecule has 0 fully saturated rings. The predicted molar refractivity (Wildman–Crippen MR) is 45.5 cm³/mol. The van der Waals surface area contributed by atoms with E-state index in [-0.39, 0.29) is 5.41 Å². The van der Waals surface area contributed by atoms with Gasteiger partial charge in [-0.1, -0.05) is 20.8 Å². The molecule has 0 atom stereocenters. The molecular formula is C8H14N4. The van der Waals surface area contributed by atoms with Crippen molar-refractivity contribution in [1.82, 2.24) is 20.4 Å². The van der Waals surface area contributed by atoms with Crippen LogP contribution in [0.5, 0.6) is 0 Å². The minimum absolute atomic E-state index is 0.193. The summed E-state index contributed by atoms with van der Waals surface area (Å²) in [7, 11) is 0. The molecule has 1 rings (SSSR count). The molecule has 0 aliphatic heterocycles. The first kappa shape index (κ1) is 9.03. The van der Waals surface area contributed by atoms with Gasteiger partial charge in [-0.25, -0.2) is 0 Å². The standard InChI is InChI=1S/C8H14N4/c1-6-9-11-7(12-10-6)5-8(2,3)4/h5H2,1-4H3. The number of nitrogens with zero attached hydrogens (tertiary/aromatic N) is 4. The smallest absolute Gasteiger partial charge is 0.132 e. The summed E-state index contributed by atoms with van der Waals surface area (Å²) in [5.41, 5.74) is 0.193. The summed E-state index contributed by atoms with van der Waals surface area (Å²) in [6.07, 6.45) is 0.813. The van der Waals surface area contributed by atoms with Crippen LogP contribution >= 0.6 is 0 Å². The van der Waals surface area contributed by atoms with E-state index in [2.05, 4.69) is 41.2 Å². The van der Waals surface area contributed by atoms with Gasteiger partial charge in [0.25, 0.3) is 0 Å². The van der Waals surface area contributed by atoms with Crippen LogP contribution in [-0.2, 0) is 6.42 Å². The number of rotatable bonds is 1. The maximum absolute atomic E-state index is 3.94. The topological polar surface area (TPSA) is 51.6 Å². The Morgan fingerprint density at radius 1 is 1.00 bits per heavy atom. The number of hydrogen-bond donors (Lipinski definition) is 0. The van der Waals surface area contributed by atoms with E-state index >= 15 is 0 Å². The Morgan fingerprint density at radius 3 is 1.92 bits per heavy atom. The molecule has 0 aliphatic rings. The first-order chi connectivity index (χ1) is 5.47. The zero-order chi connectivity index (χ0) is 9.19. The number of aryl methyl sites for hydroxylation is 1. The third kappa shape index (κ3) is 2.90. The molecule has 4 nitrogen and oxygen atoms in total. The largest absolute Gasteiger partial charge is 0.174 e. The number of hydrogen-bond acceptors (Lipinski definition) is 4. The Labute approximate surface area is 72.4 Å². The fourth-order valence-electron chi connectivity index (χ4n) is 0.845. The van der Waals surface area contributed by atoms with Crippen molar-refractivity contribution in [1.29, 1.82) is 0 Å². The molecule has 12 heavy (non-hydrogen) atoms. The third-order valence-electron chi connectivity index (χ3n) is 1.31. The first-order valence-corrected chi connectivity index (χ1v) is 4.00. The fourth-order valence-corrected chi connectivity index (χ4v) is 0.845. The highest BCUT2D eigenvalue weighted by molar-refractivity contribution is 4.85. The Morgan fingerprint density at radius 2 is 1.50 bits per heavy atom. The lowest BCUT2D eigenvalue weighted by molar-refractivity contribution is 0.394. The van der Waals surface area contributed by atoms with Gasteiger partial charge >= 0.3 is 0 Å². The summed E-state index contributed by atoms with van der Waals surface area (Å²) < 4.78 is 0. The van der Waals surface area contributed by atoms with Crippen LogP contribution in [-0.4, -0.2) is 20.4 Å². The van der Waals surface area contributed by atoms with Crippen molar-refractivity contribution in [3.8, 4) is 0 Å². The molecule has 0 bridgehead atoms. The lowest BCUT2D eigenvalue weighted by Crippen LogP contribution is -2.13. The molecule has 1 heterocycles. The molecule has 66 valence electrons. The Balaban J connectivity index is 2.71. The lowest BCUT2D eigenvalue weighted by Gasteiger charge is -2.15. The summed E-state index contributed by atoms with van der Waals surface area (Å²) in [6.45, 7) is 8.18. The van der Waals surface area contributed by atoms with Gasteiger partial charge in [0.15, 0.2) is 11.6 Å². The fraction of sp³-hybridized carbons (Fsp3) is 0.750. The van der Waals surface area contributed by atoms with E-state index < -0.39 is 0 Å². The Hall–Kier alpha value is -1.06. The Bertz CT molecular complexity index is 247. The van der Waals surface area contributed by atoms with Crippen molar-refractivity contribution >= 4 is 0 Å². The highest BCUT2D eigenvalue weighted by Crippen LogP contribution is 2.16. The molecule has 0 aliphatic carbocycles. The van der Waals surface area contributed by atoms with E-state index in [1.807, 2.05) is 0 Å². The van der Waals surface area contributed by atoms with Crippen LogP contribution in [0.2, 0.25) is 0 Å². The number of aromatic nitrogens is 4. The van der Waals surface area contributed by atoms with Crippen LogP contribution in [0.3, 0.4) is 0 Å². The molecule has 4 heteroatoms. The molecule has 0 amide bonds. The monoisotopic (exact) mass is 166 g/mol. The van der Waals surface area contributed by atoms with E-state index in [4.69, 9.17) is 0 Å². The summed E-state index contributed by atoms with van der Waals surface area (Å²) in [4.78, 5) is 0. The van der Waals surface area contributed by atoms with E-state index in [1.54, 1.807) is 6.92 Å². The van der Waals surface area contributed by atoms with Crippen molar-refractivity contribution in [2.45, 2.75) is 34.1 Å². The quantitative estimate of drug-likeness (QED) is 0.628. The highest BCUT2D eigenvalue weighted by atomic mass is 15.3. The molecule has 0 radical (unpaired) electrons. The van der Waals surface area contributed by atoms with E-state index in [0.717, 1.165) is 6.42 Å². The van der Waals surface area contributed by atoms with Gasteiger partial charge in [0.05, 0.1) is 0 Å². The molecule has 0 saturated carbocycles. The maximum Gasteiger partial charge on any atom is 0.174 e. The average Bonchev–Trinajstić information content (AvgIpc) is 1.91. The van der Waals surface area contributed by atoms with Gasteiger partial charge in [-0.3, -0.25) is 0 Å². The zero-order valence-electron chi connectivity index (χ0n) is 8.00. The van der Waals surface area contributed by atoms with Crippen molar-refractivity contribution in [3.05, 3.63) is 11.6 Å². The van der Waals surface area contributed by atoms with Crippen LogP contribution in [0.1, 0.15) is 32.4 Å². The second-order valence-corrected chi connectivity index (χ2v) is 4.10. The summed E-state index contributed by atoms with van der Waals surface area (Å²) in [6, 6.07) is 0. The average molecular weight is 166 g/mol. The minimum Gasteiger partial charge on any atom is -0.132 e. The van der Waals surface area contributed by atoms with Gasteiger partial charge in [0.1, 0.15) is 0 Å². The van der Waals surface area contributed by atoms with E-state index in [0.29, 0.717) is 11.6 Å². The van der Waals surface area contributed by atoms with Crippen molar-refractivity contribution in [2.75, 3.05) is 0 Å². The van der Waals surface area contributed by atoms with E-state index in [1.165, 1.54) is 0 Å². The molecule has 0 unspecified atom stereocenters. The molecule has 0 N–H and O–H groups in total. The van der Waals surface area contributed by atoms with Gasteiger partial charge < -0.3 is 0 Å². The van der Waals surface area contributed by atoms with Gasteiger partial charge in [0.2, 0.25) is 0 Å². The van der Waals surface area contributed by atoms with Crippen molar-refractivity contribution in [2.24, 2.45) is 5.41 Å². The first-order valence-electron chi connectivity index (χ1n) is 4.00. The summed E-state index contributed by atoms with van der Waals surface area (Å²) >= 11 is 0. The highest BCUT2D eigenvalue weighted by Gasteiger charge is 2.13. The molecule has 0 aromatic carbocycles. The SMILES string of the molecule is Cc1nnc(CC(C)(C)C)nn1. The van der Waals surface area contributed by atoms with Crippen LogP contribution in [0.4, 0.5) is 0 Å². The second-order valence-electron chi connectivity index (χ2n) is 4.10. The van der Waals surface area contributed by atoms with Crippen LogP contribution in [0.25, 0.3) is 0 Å². The summed E-state index contributed by atoms with van der Waals surface area (Å²) in [5, 5.41) is 15.6. The molecular weight excluding hydrogens is 152 g/mol. The molecule has 0 saturated heterocycles. The van der Waals surface area contributed by atoms with Crippen LogP contribution in [0.15, 0.2) is 0 Å². The summed E-state index contributed by atoms with van der Waals surface area (Å²) in [5.74, 6) is 1.33. The van der Waals surface area contributed by atoms with Crippen LogP contribution in [0, 0.1) is 12.3 Å². The van der Waals surface area contributed by atoms with Gasteiger partial charge in [-0.05, 0) is 12.3 Å². The van der Waals surface area contributed by atoms with E-state index in [9.17, 15) is 0 Å². The minimum atomic E-state index is 0.193. The third-order valence-corrected chi connectivity index (χ3v) is 1.31. The van der Waals surface area contributed by atoms with Crippen molar-refractivity contribution < 1.29 is 0 Å². The van der Waals surface area contributed by atoms with Gasteiger partial charge in [0, 0.05) is 6.42 Å². The predicted octanol–water partition coefficient (Wildman–Crippen LogP) is 1.16. The molecule has 0 spiro atoms. The second kappa shape index (κ2) is 3.13. The normalized spacial score (nSPS) is 11.7. The maximum atomic E-state index is 3.94.